The lowest BCUT2D eigenvalue weighted by molar-refractivity contribution is 0.0396. The monoisotopic (exact) mass is 186 g/mol. The molecule has 0 N–H and O–H groups in total. The fourth-order valence-electron chi connectivity index (χ4n) is 1.64. The van der Waals surface area contributed by atoms with E-state index in [1.165, 1.54) is 12.8 Å². The minimum absolute atomic E-state index is 0.434. The molecule has 0 amide bonds. The molecule has 0 aliphatic heterocycles. The number of ether oxygens (including phenoxy) is 1. The number of methoxy groups -OCH3 is 1. The minimum atomic E-state index is 0.434. The third-order valence-corrected chi connectivity index (χ3v) is 3.27. The fourth-order valence-corrected chi connectivity index (χ4v) is 1.64. The molecule has 0 aromatic heterocycles. The van der Waals surface area contributed by atoms with Gasteiger partial charge in [0.2, 0.25) is 0 Å². The van der Waals surface area contributed by atoms with Gasteiger partial charge in [0.15, 0.2) is 0 Å². The lowest BCUT2D eigenvalue weighted by atomic mass is 9.86. The molecule has 0 rings (SSSR count). The third-order valence-electron chi connectivity index (χ3n) is 3.27. The van der Waals surface area contributed by atoms with Crippen molar-refractivity contribution in [1.29, 1.82) is 0 Å². The normalized spacial score (nSPS) is 18.7. The molecule has 0 aromatic rings. The molecule has 0 spiro atoms. The molecule has 0 aromatic carbocycles. The highest BCUT2D eigenvalue weighted by molar-refractivity contribution is 4.69. The predicted octanol–water partition coefficient (Wildman–Crippen LogP) is 3.73. The zero-order valence-electron chi connectivity index (χ0n) is 10.1. The van der Waals surface area contributed by atoms with Gasteiger partial charge in [-0.1, -0.05) is 41.0 Å². The van der Waals surface area contributed by atoms with Crippen molar-refractivity contribution in [2.24, 2.45) is 17.8 Å². The molecule has 13 heavy (non-hydrogen) atoms. The van der Waals surface area contributed by atoms with Crippen molar-refractivity contribution in [2.75, 3.05) is 7.11 Å². The number of hydrogen-bond acceptors (Lipinski definition) is 1. The topological polar surface area (TPSA) is 9.23 Å². The van der Waals surface area contributed by atoms with Gasteiger partial charge in [-0.2, -0.15) is 0 Å². The maximum absolute atomic E-state index is 5.48. The van der Waals surface area contributed by atoms with Crippen LogP contribution in [0.2, 0.25) is 0 Å². The Morgan fingerprint density at radius 3 is 1.85 bits per heavy atom. The van der Waals surface area contributed by atoms with Crippen molar-refractivity contribution in [3.63, 3.8) is 0 Å². The van der Waals surface area contributed by atoms with Gasteiger partial charge in [0.25, 0.3) is 0 Å². The van der Waals surface area contributed by atoms with Crippen LogP contribution in [0.4, 0.5) is 0 Å². The van der Waals surface area contributed by atoms with Crippen LogP contribution in [0.15, 0.2) is 0 Å². The van der Waals surface area contributed by atoms with Gasteiger partial charge in [-0.3, -0.25) is 0 Å². The molecule has 0 bridgehead atoms. The standard InChI is InChI=1S/C12H26O/c1-7-10(4)11(5)8-12(13-6)9(2)3/h9-12H,7-8H2,1-6H3/t10-,11?,12+/m1/s1. The van der Waals surface area contributed by atoms with E-state index < -0.39 is 0 Å². The highest BCUT2D eigenvalue weighted by Crippen LogP contribution is 2.23. The molecule has 0 fully saturated rings. The molecule has 0 radical (unpaired) electrons. The van der Waals surface area contributed by atoms with Crippen LogP contribution in [0.3, 0.4) is 0 Å². The molecule has 0 saturated carbocycles. The quantitative estimate of drug-likeness (QED) is 0.614. The summed E-state index contributed by atoms with van der Waals surface area (Å²) < 4.78 is 5.48. The zero-order chi connectivity index (χ0) is 10.4. The maximum Gasteiger partial charge on any atom is 0.0596 e. The van der Waals surface area contributed by atoms with Crippen molar-refractivity contribution in [3.05, 3.63) is 0 Å². The first-order chi connectivity index (χ1) is 6.02. The Hall–Kier alpha value is -0.0400. The second-order valence-electron chi connectivity index (χ2n) is 4.62. The fraction of sp³-hybridized carbons (Fsp3) is 1.00. The van der Waals surface area contributed by atoms with E-state index in [2.05, 4.69) is 34.6 Å². The first-order valence-corrected chi connectivity index (χ1v) is 5.55. The van der Waals surface area contributed by atoms with Crippen LogP contribution >= 0.6 is 0 Å². The molecule has 1 unspecified atom stereocenters. The Labute approximate surface area is 83.9 Å². The number of rotatable bonds is 6. The largest absolute Gasteiger partial charge is 0.381 e. The van der Waals surface area contributed by atoms with Gasteiger partial charge in [0.1, 0.15) is 0 Å². The maximum atomic E-state index is 5.48. The van der Waals surface area contributed by atoms with Crippen molar-refractivity contribution in [2.45, 2.75) is 53.6 Å². The molecule has 1 nitrogen and oxygen atoms in total. The van der Waals surface area contributed by atoms with Crippen LogP contribution in [0.25, 0.3) is 0 Å². The average Bonchev–Trinajstić information content (AvgIpc) is 2.11. The Bertz CT molecular complexity index is 120. The summed E-state index contributed by atoms with van der Waals surface area (Å²) in [7, 11) is 1.83. The van der Waals surface area contributed by atoms with Gasteiger partial charge in [0, 0.05) is 7.11 Å². The van der Waals surface area contributed by atoms with Crippen LogP contribution < -0.4 is 0 Å². The molecule has 0 heterocycles. The molecule has 0 saturated heterocycles. The average molecular weight is 186 g/mol. The van der Waals surface area contributed by atoms with E-state index in [-0.39, 0.29) is 0 Å². The van der Waals surface area contributed by atoms with E-state index in [4.69, 9.17) is 4.74 Å². The summed E-state index contributed by atoms with van der Waals surface area (Å²) in [6.45, 7) is 11.4. The molecule has 0 aliphatic rings. The Balaban J connectivity index is 3.93. The van der Waals surface area contributed by atoms with E-state index in [0.717, 1.165) is 11.8 Å². The van der Waals surface area contributed by atoms with E-state index in [9.17, 15) is 0 Å². The molecular formula is C12H26O. The van der Waals surface area contributed by atoms with Crippen molar-refractivity contribution in [1.82, 2.24) is 0 Å². The molecular weight excluding hydrogens is 160 g/mol. The second kappa shape index (κ2) is 6.42. The molecule has 0 aliphatic carbocycles. The van der Waals surface area contributed by atoms with E-state index >= 15 is 0 Å². The van der Waals surface area contributed by atoms with E-state index in [1.54, 1.807) is 0 Å². The molecule has 80 valence electrons. The van der Waals surface area contributed by atoms with E-state index in [0.29, 0.717) is 12.0 Å². The zero-order valence-corrected chi connectivity index (χ0v) is 10.1. The summed E-state index contributed by atoms with van der Waals surface area (Å²) in [6, 6.07) is 0. The molecule has 3 atom stereocenters. The highest BCUT2D eigenvalue weighted by Gasteiger charge is 2.19. The predicted molar refractivity (Wildman–Crippen MR) is 58.9 cm³/mol. The number of hydrogen-bond donors (Lipinski definition) is 0. The van der Waals surface area contributed by atoms with Crippen LogP contribution in [0.5, 0.6) is 0 Å². The molecule has 1 heteroatoms. The second-order valence-corrected chi connectivity index (χ2v) is 4.62. The van der Waals surface area contributed by atoms with Crippen LogP contribution in [0, 0.1) is 17.8 Å². The first-order valence-electron chi connectivity index (χ1n) is 5.55. The van der Waals surface area contributed by atoms with E-state index in [1.807, 2.05) is 7.11 Å². The Morgan fingerprint density at radius 1 is 1.00 bits per heavy atom. The summed E-state index contributed by atoms with van der Waals surface area (Å²) in [4.78, 5) is 0. The Morgan fingerprint density at radius 2 is 1.54 bits per heavy atom. The summed E-state index contributed by atoms with van der Waals surface area (Å²) in [5.41, 5.74) is 0. The minimum Gasteiger partial charge on any atom is -0.381 e. The van der Waals surface area contributed by atoms with Crippen LogP contribution in [-0.2, 0) is 4.74 Å². The smallest absolute Gasteiger partial charge is 0.0596 e. The lowest BCUT2D eigenvalue weighted by Gasteiger charge is -2.26. The van der Waals surface area contributed by atoms with Gasteiger partial charge >= 0.3 is 0 Å². The summed E-state index contributed by atoms with van der Waals surface area (Å²) >= 11 is 0. The van der Waals surface area contributed by atoms with Crippen LogP contribution in [0.1, 0.15) is 47.5 Å². The summed E-state index contributed by atoms with van der Waals surface area (Å²) in [6.07, 6.45) is 2.91. The van der Waals surface area contributed by atoms with Gasteiger partial charge in [-0.15, -0.1) is 0 Å². The Kier molecular flexibility index (Phi) is 6.40. The first kappa shape index (κ1) is 13.0. The van der Waals surface area contributed by atoms with Gasteiger partial charge < -0.3 is 4.74 Å². The van der Waals surface area contributed by atoms with Gasteiger partial charge in [-0.05, 0) is 24.2 Å². The third kappa shape index (κ3) is 4.66. The summed E-state index contributed by atoms with van der Waals surface area (Å²) in [5.74, 6) is 2.23. The SMILES string of the molecule is CC[C@@H](C)C(C)C[C@H](OC)C(C)C. The highest BCUT2D eigenvalue weighted by atomic mass is 16.5. The van der Waals surface area contributed by atoms with Gasteiger partial charge in [-0.25, -0.2) is 0 Å². The van der Waals surface area contributed by atoms with Crippen molar-refractivity contribution >= 4 is 0 Å². The lowest BCUT2D eigenvalue weighted by Crippen LogP contribution is -2.23. The van der Waals surface area contributed by atoms with Crippen LogP contribution in [-0.4, -0.2) is 13.2 Å². The van der Waals surface area contributed by atoms with Gasteiger partial charge in [0.05, 0.1) is 6.10 Å². The van der Waals surface area contributed by atoms with Crippen molar-refractivity contribution in [3.8, 4) is 0 Å². The van der Waals surface area contributed by atoms with Crippen molar-refractivity contribution < 1.29 is 4.74 Å². The summed E-state index contributed by atoms with van der Waals surface area (Å²) in [5, 5.41) is 0.